The van der Waals surface area contributed by atoms with E-state index in [1.807, 2.05) is 12.1 Å². The molecule has 0 amide bonds. The fourth-order valence-electron chi connectivity index (χ4n) is 4.79. The second-order valence-corrected chi connectivity index (χ2v) is 9.33. The molecule has 1 aliphatic carbocycles. The molecule has 1 saturated heterocycles. The lowest BCUT2D eigenvalue weighted by molar-refractivity contribution is 0.113. The summed E-state index contributed by atoms with van der Waals surface area (Å²) in [6.07, 6.45) is 6.84. The molecule has 1 atom stereocenters. The second-order valence-electron chi connectivity index (χ2n) is 9.33. The lowest BCUT2D eigenvalue weighted by atomic mass is 9.79. The lowest BCUT2D eigenvalue weighted by Crippen LogP contribution is -2.37. The summed E-state index contributed by atoms with van der Waals surface area (Å²) in [5.41, 5.74) is 3.06. The van der Waals surface area contributed by atoms with Gasteiger partial charge < -0.3 is 38.8 Å². The van der Waals surface area contributed by atoms with Crippen LogP contribution in [0, 0.1) is 0 Å². The summed E-state index contributed by atoms with van der Waals surface area (Å²) in [4.78, 5) is 3.78. The molecule has 0 saturated carbocycles. The Bertz CT molecular complexity index is 1080. The molecule has 3 aliphatic rings. The van der Waals surface area contributed by atoms with Crippen LogP contribution in [0.4, 0.5) is 0 Å². The van der Waals surface area contributed by atoms with Gasteiger partial charge in [0.2, 0.25) is 0 Å². The first kappa shape index (κ1) is 23.3. The van der Waals surface area contributed by atoms with E-state index in [4.69, 9.17) is 18.8 Å². The summed E-state index contributed by atoms with van der Waals surface area (Å²) in [5.74, 6) is 1.08. The number of fused-ring (bicyclic) bond motifs is 1. The van der Waals surface area contributed by atoms with Crippen molar-refractivity contribution in [1.82, 2.24) is 9.80 Å². The molecular formula is C26H31BN2O6. The average Bonchev–Trinajstić information content (AvgIpc) is 3.23. The molecule has 0 spiro atoms. The Kier molecular flexibility index (Phi) is 6.68. The quantitative estimate of drug-likeness (QED) is 0.631. The summed E-state index contributed by atoms with van der Waals surface area (Å²) in [6.45, 7) is 2.14. The van der Waals surface area contributed by atoms with E-state index in [0.29, 0.717) is 5.46 Å². The largest absolute Gasteiger partial charge is 0.636 e. The van der Waals surface area contributed by atoms with Crippen molar-refractivity contribution in [3.63, 3.8) is 0 Å². The third-order valence-corrected chi connectivity index (χ3v) is 6.65. The number of aliphatic hydroxyl groups excluding tert-OH is 2. The first-order valence-electron chi connectivity index (χ1n) is 12.0. The van der Waals surface area contributed by atoms with Crippen LogP contribution in [0.25, 0.3) is 0 Å². The smallest absolute Gasteiger partial charge is 0.494 e. The highest BCUT2D eigenvalue weighted by Crippen LogP contribution is 2.40. The molecule has 0 bridgehead atoms. The number of piperidine rings is 1. The number of hydrogen-bond donors (Lipinski definition) is 2. The zero-order chi connectivity index (χ0) is 24.4. The van der Waals surface area contributed by atoms with Crippen molar-refractivity contribution < 1.29 is 29.0 Å². The van der Waals surface area contributed by atoms with Gasteiger partial charge in [-0.3, -0.25) is 0 Å². The highest BCUT2D eigenvalue weighted by molar-refractivity contribution is 6.61. The summed E-state index contributed by atoms with van der Waals surface area (Å²) in [6, 6.07) is 13.5. The standard InChI is InChI=1S/C26H31BN2O6/c1-28-14-12-20(13-15-28)33-23-5-3-4-21-22(23)10-11-24(21)32-19-8-6-18(7-9-19)27-34-25(30)16-29(2)17-26(31)35-27/h3-9,16-17,20,24,30-31H,10-15H2,1-2H3/b25-16-,26-17-. The molecular weight excluding hydrogens is 447 g/mol. The summed E-state index contributed by atoms with van der Waals surface area (Å²) >= 11 is 0. The molecule has 2 heterocycles. The molecule has 2 N–H and O–H groups in total. The number of nitrogens with zero attached hydrogens (tertiary/aromatic N) is 2. The zero-order valence-electron chi connectivity index (χ0n) is 20.1. The molecule has 1 fully saturated rings. The van der Waals surface area contributed by atoms with Crippen LogP contribution in [0.15, 0.2) is 66.8 Å². The Labute approximate surface area is 206 Å². The number of benzene rings is 2. The normalized spacial score (nSPS) is 24.1. The minimum Gasteiger partial charge on any atom is -0.494 e. The van der Waals surface area contributed by atoms with Gasteiger partial charge in [0.15, 0.2) is 0 Å². The minimum atomic E-state index is -0.989. The van der Waals surface area contributed by atoms with Crippen molar-refractivity contribution in [3.8, 4) is 11.5 Å². The van der Waals surface area contributed by atoms with Crippen LogP contribution in [0.1, 0.15) is 36.5 Å². The SMILES string of the molecule is CN1/C=C(/O)OB(c2ccc(OC3CCc4c(OC5CCN(C)CC5)cccc43)cc2)O/C(O)=C\1. The first-order valence-corrected chi connectivity index (χ1v) is 12.0. The van der Waals surface area contributed by atoms with E-state index in [9.17, 15) is 10.2 Å². The van der Waals surface area contributed by atoms with E-state index >= 15 is 0 Å². The fourth-order valence-corrected chi connectivity index (χ4v) is 4.79. The predicted octanol–water partition coefficient (Wildman–Crippen LogP) is 3.61. The molecule has 9 heteroatoms. The maximum atomic E-state index is 9.95. The van der Waals surface area contributed by atoms with E-state index < -0.39 is 7.12 Å². The van der Waals surface area contributed by atoms with Crippen LogP contribution in [-0.2, 0) is 15.7 Å². The van der Waals surface area contributed by atoms with Crippen molar-refractivity contribution in [1.29, 1.82) is 0 Å². The highest BCUT2D eigenvalue weighted by atomic mass is 16.7. The molecule has 0 aromatic heterocycles. The van der Waals surface area contributed by atoms with Gasteiger partial charge in [-0.25, -0.2) is 0 Å². The van der Waals surface area contributed by atoms with E-state index in [1.54, 1.807) is 19.2 Å². The summed E-state index contributed by atoms with van der Waals surface area (Å²) in [7, 11) is 2.80. The lowest BCUT2D eigenvalue weighted by Gasteiger charge is -2.30. The first-order chi connectivity index (χ1) is 16.9. The van der Waals surface area contributed by atoms with Gasteiger partial charge in [-0.05, 0) is 56.5 Å². The van der Waals surface area contributed by atoms with Crippen molar-refractivity contribution in [3.05, 3.63) is 77.9 Å². The third kappa shape index (κ3) is 5.46. The van der Waals surface area contributed by atoms with E-state index in [-0.39, 0.29) is 24.1 Å². The van der Waals surface area contributed by atoms with Crippen LogP contribution in [-0.4, -0.2) is 60.4 Å². The zero-order valence-corrected chi connectivity index (χ0v) is 20.1. The Morgan fingerprint density at radius 1 is 0.886 bits per heavy atom. The Morgan fingerprint density at radius 3 is 2.26 bits per heavy atom. The molecule has 0 radical (unpaired) electrons. The maximum absolute atomic E-state index is 9.95. The molecule has 1 unspecified atom stereocenters. The van der Waals surface area contributed by atoms with Gasteiger partial charge in [0, 0.05) is 31.2 Å². The van der Waals surface area contributed by atoms with Crippen LogP contribution < -0.4 is 14.9 Å². The van der Waals surface area contributed by atoms with Crippen LogP contribution in [0.5, 0.6) is 11.5 Å². The minimum absolute atomic E-state index is 0.0414. The van der Waals surface area contributed by atoms with E-state index in [2.05, 4.69) is 30.1 Å². The van der Waals surface area contributed by atoms with Crippen LogP contribution >= 0.6 is 0 Å². The van der Waals surface area contributed by atoms with Gasteiger partial charge in [-0.15, -0.1) is 0 Å². The fraction of sp³-hybridized carbons (Fsp3) is 0.385. The third-order valence-electron chi connectivity index (χ3n) is 6.65. The van der Waals surface area contributed by atoms with Crippen molar-refractivity contribution >= 4 is 12.6 Å². The highest BCUT2D eigenvalue weighted by Gasteiger charge is 2.31. The van der Waals surface area contributed by atoms with Gasteiger partial charge >= 0.3 is 7.12 Å². The monoisotopic (exact) mass is 478 g/mol. The molecule has 2 aromatic rings. The Balaban J connectivity index is 1.25. The van der Waals surface area contributed by atoms with Gasteiger partial charge in [0.05, 0.1) is 12.4 Å². The van der Waals surface area contributed by atoms with Gasteiger partial charge in [-0.2, -0.15) is 0 Å². The van der Waals surface area contributed by atoms with E-state index in [0.717, 1.165) is 50.3 Å². The van der Waals surface area contributed by atoms with Gasteiger partial charge in [0.1, 0.15) is 23.7 Å². The molecule has 5 rings (SSSR count). The van der Waals surface area contributed by atoms with Gasteiger partial charge in [0.25, 0.3) is 11.9 Å². The van der Waals surface area contributed by atoms with Crippen LogP contribution in [0.3, 0.4) is 0 Å². The molecule has 8 nitrogen and oxygen atoms in total. The van der Waals surface area contributed by atoms with Gasteiger partial charge in [-0.1, -0.05) is 24.3 Å². The molecule has 184 valence electrons. The van der Waals surface area contributed by atoms with Crippen molar-refractivity contribution in [2.75, 3.05) is 27.2 Å². The molecule has 35 heavy (non-hydrogen) atoms. The molecule has 2 aliphatic heterocycles. The molecule has 2 aromatic carbocycles. The van der Waals surface area contributed by atoms with Crippen molar-refractivity contribution in [2.45, 2.75) is 37.9 Å². The summed E-state index contributed by atoms with van der Waals surface area (Å²) in [5, 5.41) is 19.9. The van der Waals surface area contributed by atoms with Crippen LogP contribution in [0.2, 0.25) is 0 Å². The number of hydrogen-bond acceptors (Lipinski definition) is 8. The van der Waals surface area contributed by atoms with Crippen molar-refractivity contribution in [2.24, 2.45) is 0 Å². The van der Waals surface area contributed by atoms with E-state index in [1.165, 1.54) is 28.4 Å². The Hall–Kier alpha value is -3.46. The topological polar surface area (TPSA) is 83.9 Å². The average molecular weight is 478 g/mol. The number of rotatable bonds is 5. The predicted molar refractivity (Wildman–Crippen MR) is 132 cm³/mol. The number of ether oxygens (including phenoxy) is 2. The summed E-state index contributed by atoms with van der Waals surface area (Å²) < 4.78 is 23.6. The second kappa shape index (κ2) is 10.0. The number of likely N-dealkylation sites (tertiary alicyclic amines) is 1. The maximum Gasteiger partial charge on any atom is 0.636 e. The number of aliphatic hydroxyl groups is 2. The Morgan fingerprint density at radius 2 is 1.57 bits per heavy atom.